The van der Waals surface area contributed by atoms with Crippen molar-refractivity contribution in [3.63, 3.8) is 0 Å². The molecule has 0 fully saturated rings. The molecule has 25 heavy (non-hydrogen) atoms. The number of halogens is 1. The lowest BCUT2D eigenvalue weighted by Crippen LogP contribution is -2.22. The van der Waals surface area contributed by atoms with Crippen molar-refractivity contribution in [2.75, 3.05) is 25.1 Å². The molecule has 0 spiro atoms. The molecule has 2 aromatic carbocycles. The predicted molar refractivity (Wildman–Crippen MR) is 114 cm³/mol. The first kappa shape index (κ1) is 21.2. The van der Waals surface area contributed by atoms with Gasteiger partial charge in [0.15, 0.2) is 5.96 Å². The maximum Gasteiger partial charge on any atom is 0.193 e. The number of nitrogens with two attached hydrogens (primary N) is 1. The van der Waals surface area contributed by atoms with Crippen LogP contribution in [0.5, 0.6) is 11.5 Å². The van der Waals surface area contributed by atoms with Crippen molar-refractivity contribution in [1.82, 2.24) is 0 Å². The van der Waals surface area contributed by atoms with E-state index in [-0.39, 0.29) is 24.0 Å². The van der Waals surface area contributed by atoms with Gasteiger partial charge in [-0.1, -0.05) is 24.3 Å². The minimum atomic E-state index is 0. The fraction of sp³-hybridized carbons (Fsp3) is 0.316. The van der Waals surface area contributed by atoms with E-state index in [2.05, 4.69) is 10.3 Å². The summed E-state index contributed by atoms with van der Waals surface area (Å²) in [4.78, 5) is 4.32. The molecule has 0 aliphatic heterocycles. The second-order valence-electron chi connectivity index (χ2n) is 5.24. The molecule has 3 N–H and O–H groups in total. The van der Waals surface area contributed by atoms with Crippen LogP contribution in [0.2, 0.25) is 0 Å². The van der Waals surface area contributed by atoms with Gasteiger partial charge < -0.3 is 20.5 Å². The van der Waals surface area contributed by atoms with Crippen molar-refractivity contribution in [2.24, 2.45) is 10.7 Å². The van der Waals surface area contributed by atoms with E-state index in [0.717, 1.165) is 43.2 Å². The number of nitrogens with zero attached hydrogens (tertiary/aromatic N) is 1. The minimum absolute atomic E-state index is 0. The molecular formula is C19H26IN3O2. The number of ether oxygens (including phenoxy) is 2. The first-order valence-electron chi connectivity index (χ1n) is 8.25. The van der Waals surface area contributed by atoms with E-state index in [1.165, 1.54) is 0 Å². The zero-order valence-electron chi connectivity index (χ0n) is 14.5. The van der Waals surface area contributed by atoms with Crippen LogP contribution < -0.4 is 15.8 Å². The molecule has 6 heteroatoms. The Morgan fingerprint density at radius 3 is 2.56 bits per heavy atom. The second-order valence-corrected chi connectivity index (χ2v) is 5.24. The SMILES string of the molecule is CCOCCCCN=C(N)Nc1cccc(Oc2ccccc2)c1.I. The summed E-state index contributed by atoms with van der Waals surface area (Å²) in [7, 11) is 0. The standard InChI is InChI=1S/C19H25N3O2.HI/c1-2-23-14-7-6-13-21-19(20)22-16-9-8-12-18(15-16)24-17-10-4-3-5-11-17;/h3-5,8-12,15H,2,6-7,13-14H2,1H3,(H3,20,21,22);1H. The molecule has 0 atom stereocenters. The zero-order valence-corrected chi connectivity index (χ0v) is 16.8. The van der Waals surface area contributed by atoms with Crippen LogP contribution in [0.1, 0.15) is 19.8 Å². The third-order valence-corrected chi connectivity index (χ3v) is 3.27. The third-order valence-electron chi connectivity index (χ3n) is 3.27. The van der Waals surface area contributed by atoms with Gasteiger partial charge in [0, 0.05) is 31.5 Å². The number of nitrogens with one attached hydrogen (secondary N) is 1. The first-order valence-corrected chi connectivity index (χ1v) is 8.25. The quantitative estimate of drug-likeness (QED) is 0.250. The Hall–Kier alpha value is -1.80. The van der Waals surface area contributed by atoms with Crippen molar-refractivity contribution in [2.45, 2.75) is 19.8 Å². The van der Waals surface area contributed by atoms with Crippen molar-refractivity contribution in [3.05, 3.63) is 54.6 Å². The van der Waals surface area contributed by atoms with Gasteiger partial charge >= 0.3 is 0 Å². The van der Waals surface area contributed by atoms with Gasteiger partial charge in [0.05, 0.1) is 0 Å². The van der Waals surface area contributed by atoms with Gasteiger partial charge in [-0.2, -0.15) is 0 Å². The summed E-state index contributed by atoms with van der Waals surface area (Å²) in [6, 6.07) is 17.3. The smallest absolute Gasteiger partial charge is 0.193 e. The lowest BCUT2D eigenvalue weighted by atomic mass is 10.3. The van der Waals surface area contributed by atoms with Crippen molar-refractivity contribution < 1.29 is 9.47 Å². The van der Waals surface area contributed by atoms with Crippen LogP contribution in [0, 0.1) is 0 Å². The topological polar surface area (TPSA) is 68.9 Å². The van der Waals surface area contributed by atoms with Crippen LogP contribution in [-0.2, 0) is 4.74 Å². The summed E-state index contributed by atoms with van der Waals surface area (Å²) in [5, 5.41) is 3.09. The van der Waals surface area contributed by atoms with Crippen molar-refractivity contribution in [3.8, 4) is 11.5 Å². The molecular weight excluding hydrogens is 429 g/mol. The number of benzene rings is 2. The van der Waals surface area contributed by atoms with E-state index >= 15 is 0 Å². The highest BCUT2D eigenvalue weighted by atomic mass is 127. The van der Waals surface area contributed by atoms with E-state index in [9.17, 15) is 0 Å². The summed E-state index contributed by atoms with van der Waals surface area (Å²) < 4.78 is 11.1. The Bertz CT molecular complexity index is 636. The van der Waals surface area contributed by atoms with Crippen molar-refractivity contribution in [1.29, 1.82) is 0 Å². The Morgan fingerprint density at radius 2 is 1.80 bits per heavy atom. The number of unbranched alkanes of at least 4 members (excludes halogenated alkanes) is 1. The summed E-state index contributed by atoms with van der Waals surface area (Å²) in [6.45, 7) is 4.22. The predicted octanol–water partition coefficient (Wildman–Crippen LogP) is 4.64. The van der Waals surface area contributed by atoms with E-state index < -0.39 is 0 Å². The number of anilines is 1. The number of rotatable bonds is 9. The zero-order chi connectivity index (χ0) is 17.0. The highest BCUT2D eigenvalue weighted by Crippen LogP contribution is 2.23. The molecule has 0 aromatic heterocycles. The molecule has 0 amide bonds. The van der Waals surface area contributed by atoms with Crippen LogP contribution in [0.25, 0.3) is 0 Å². The van der Waals surface area contributed by atoms with E-state index in [4.69, 9.17) is 15.2 Å². The average molecular weight is 455 g/mol. The second kappa shape index (κ2) is 12.5. The molecule has 2 rings (SSSR count). The molecule has 0 bridgehead atoms. The average Bonchev–Trinajstić information content (AvgIpc) is 2.59. The van der Waals surface area contributed by atoms with E-state index in [1.807, 2.05) is 61.5 Å². The Balaban J connectivity index is 0.00000312. The van der Waals surface area contributed by atoms with Gasteiger partial charge in [-0.05, 0) is 44.0 Å². The van der Waals surface area contributed by atoms with Crippen LogP contribution in [0.3, 0.4) is 0 Å². The van der Waals surface area contributed by atoms with E-state index in [0.29, 0.717) is 12.5 Å². The first-order chi connectivity index (χ1) is 11.8. The van der Waals surface area contributed by atoms with Crippen LogP contribution in [-0.4, -0.2) is 25.7 Å². The third kappa shape index (κ3) is 8.74. The molecule has 0 unspecified atom stereocenters. The number of hydrogen-bond donors (Lipinski definition) is 2. The summed E-state index contributed by atoms with van der Waals surface area (Å²) in [5.41, 5.74) is 6.76. The fourth-order valence-electron chi connectivity index (χ4n) is 2.11. The van der Waals surface area contributed by atoms with Gasteiger partial charge in [-0.25, -0.2) is 0 Å². The number of aliphatic imine (C=N–C) groups is 1. The minimum Gasteiger partial charge on any atom is -0.457 e. The molecule has 0 saturated heterocycles. The largest absolute Gasteiger partial charge is 0.457 e. The Morgan fingerprint density at radius 1 is 1.04 bits per heavy atom. The molecule has 0 radical (unpaired) electrons. The highest BCUT2D eigenvalue weighted by molar-refractivity contribution is 14.0. The van der Waals surface area contributed by atoms with Gasteiger partial charge in [0.2, 0.25) is 0 Å². The van der Waals surface area contributed by atoms with Crippen LogP contribution in [0.15, 0.2) is 59.6 Å². The lowest BCUT2D eigenvalue weighted by molar-refractivity contribution is 0.144. The molecule has 136 valence electrons. The molecule has 0 aliphatic rings. The molecule has 0 heterocycles. The maximum atomic E-state index is 5.92. The monoisotopic (exact) mass is 455 g/mol. The molecule has 0 saturated carbocycles. The van der Waals surface area contributed by atoms with Gasteiger partial charge in [0.25, 0.3) is 0 Å². The number of hydrogen-bond acceptors (Lipinski definition) is 3. The Labute approximate surface area is 166 Å². The Kier molecular flexibility index (Phi) is 10.7. The summed E-state index contributed by atoms with van der Waals surface area (Å²) in [5.74, 6) is 1.95. The normalized spacial score (nSPS) is 10.8. The highest BCUT2D eigenvalue weighted by Gasteiger charge is 2.00. The molecule has 5 nitrogen and oxygen atoms in total. The van der Waals surface area contributed by atoms with Crippen molar-refractivity contribution >= 4 is 35.6 Å². The summed E-state index contributed by atoms with van der Waals surface area (Å²) in [6.07, 6.45) is 1.95. The maximum absolute atomic E-state index is 5.92. The van der Waals surface area contributed by atoms with Gasteiger partial charge in [-0.15, -0.1) is 24.0 Å². The number of para-hydroxylation sites is 1. The van der Waals surface area contributed by atoms with E-state index in [1.54, 1.807) is 0 Å². The van der Waals surface area contributed by atoms with Gasteiger partial charge in [0.1, 0.15) is 11.5 Å². The van der Waals surface area contributed by atoms with Gasteiger partial charge in [-0.3, -0.25) is 4.99 Å². The summed E-state index contributed by atoms with van der Waals surface area (Å²) >= 11 is 0. The fourth-order valence-corrected chi connectivity index (χ4v) is 2.11. The van der Waals surface area contributed by atoms with Crippen LogP contribution >= 0.6 is 24.0 Å². The van der Waals surface area contributed by atoms with Crippen LogP contribution in [0.4, 0.5) is 5.69 Å². The molecule has 2 aromatic rings. The number of guanidine groups is 1. The lowest BCUT2D eigenvalue weighted by Gasteiger charge is -2.09. The molecule has 0 aliphatic carbocycles.